The van der Waals surface area contributed by atoms with Crippen LogP contribution in [0.3, 0.4) is 0 Å². The van der Waals surface area contributed by atoms with E-state index in [1.165, 1.54) is 77.6 Å². The van der Waals surface area contributed by atoms with Gasteiger partial charge in [0.2, 0.25) is 11.8 Å². The number of nitro groups is 1. The first kappa shape index (κ1) is 47.6. The van der Waals surface area contributed by atoms with E-state index < -0.39 is 16.9 Å². The number of nitrogens with two attached hydrogens (primary N) is 2. The van der Waals surface area contributed by atoms with Crippen LogP contribution in [0, 0.1) is 10.1 Å². The van der Waals surface area contributed by atoms with Gasteiger partial charge < -0.3 is 26.0 Å². The van der Waals surface area contributed by atoms with Crippen LogP contribution in [0.15, 0.2) is 110 Å². The molecule has 56 heavy (non-hydrogen) atoms. The Morgan fingerprint density at radius 1 is 0.732 bits per heavy atom. The van der Waals surface area contributed by atoms with E-state index in [1.54, 1.807) is 12.4 Å². The van der Waals surface area contributed by atoms with Crippen molar-refractivity contribution >= 4 is 42.0 Å². The molecule has 0 saturated heterocycles. The second kappa shape index (κ2) is 25.6. The highest BCUT2D eigenvalue weighted by atomic mass is 35.5. The Morgan fingerprint density at radius 3 is 1.57 bits per heavy atom. The number of primary amides is 2. The van der Waals surface area contributed by atoms with Crippen LogP contribution >= 0.6 is 12.4 Å². The van der Waals surface area contributed by atoms with Crippen LogP contribution in [0.2, 0.25) is 0 Å². The molecule has 4 N–H and O–H groups in total. The molecule has 300 valence electrons. The third-order valence-corrected chi connectivity index (χ3v) is 7.55. The molecule has 2 aromatic heterocycles. The Morgan fingerprint density at radius 2 is 1.20 bits per heavy atom. The van der Waals surface area contributed by atoms with Crippen molar-refractivity contribution in [2.24, 2.45) is 11.5 Å². The van der Waals surface area contributed by atoms with Crippen LogP contribution in [0.4, 0.5) is 15.3 Å². The number of halogens is 1. The first-order chi connectivity index (χ1) is 26.3. The van der Waals surface area contributed by atoms with Gasteiger partial charge in [0.05, 0.1) is 16.3 Å². The highest BCUT2D eigenvalue weighted by Crippen LogP contribution is 2.20. The molecule has 0 aliphatic rings. The van der Waals surface area contributed by atoms with Crippen molar-refractivity contribution in [3.63, 3.8) is 0 Å². The van der Waals surface area contributed by atoms with Gasteiger partial charge in [-0.15, -0.1) is 12.4 Å². The lowest BCUT2D eigenvalue weighted by atomic mass is 10.2. The zero-order valence-corrected chi connectivity index (χ0v) is 33.0. The molecule has 0 atom stereocenters. The number of imidazole rings is 2. The lowest BCUT2D eigenvalue weighted by Gasteiger charge is -2.14. The number of nitrogens with zero attached hydrogens (tertiary/aromatic N) is 7. The molecule has 0 unspecified atom stereocenters. The van der Waals surface area contributed by atoms with Gasteiger partial charge in [-0.2, -0.15) is 0 Å². The van der Waals surface area contributed by atoms with Crippen LogP contribution in [-0.2, 0) is 9.59 Å². The number of aromatic nitrogens is 4. The third kappa shape index (κ3) is 16.7. The van der Waals surface area contributed by atoms with E-state index in [0.717, 1.165) is 17.5 Å². The fourth-order valence-electron chi connectivity index (χ4n) is 4.57. The second-order valence-electron chi connectivity index (χ2n) is 11.6. The molecule has 5 rings (SSSR count). The van der Waals surface area contributed by atoms with Crippen molar-refractivity contribution in [3.8, 4) is 28.3 Å². The summed E-state index contributed by atoms with van der Waals surface area (Å²) in [7, 11) is 1.51. The maximum Gasteiger partial charge on any atom is 0.424 e. The number of non-ortho nitro benzene ring substituents is 1. The molecule has 0 bridgehead atoms. The fraction of sp³-hybridized carbons (Fsp3) is 0.282. The van der Waals surface area contributed by atoms with E-state index >= 15 is 0 Å². The van der Waals surface area contributed by atoms with Gasteiger partial charge in [-0.1, -0.05) is 88.4 Å². The van der Waals surface area contributed by atoms with Gasteiger partial charge in [0.1, 0.15) is 24.9 Å². The largest absolute Gasteiger partial charge is 0.424 e. The first-order valence-electron chi connectivity index (χ1n) is 17.5. The molecule has 5 aromatic rings. The van der Waals surface area contributed by atoms with E-state index in [9.17, 15) is 29.3 Å². The molecule has 0 saturated carbocycles. The summed E-state index contributed by atoms with van der Waals surface area (Å²) in [5, 5.41) is 10.6. The third-order valence-electron chi connectivity index (χ3n) is 7.55. The van der Waals surface area contributed by atoms with Gasteiger partial charge in [-0.05, 0) is 38.2 Å². The minimum absolute atomic E-state index is 0. The summed E-state index contributed by atoms with van der Waals surface area (Å²) in [6, 6.07) is 23.9. The normalized spacial score (nSPS) is 9.82. The number of nitro benzene ring substituents is 1. The summed E-state index contributed by atoms with van der Waals surface area (Å²) in [4.78, 5) is 66.6. The summed E-state index contributed by atoms with van der Waals surface area (Å²) >= 11 is 0. The molecule has 16 nitrogen and oxygen atoms in total. The predicted octanol–water partition coefficient (Wildman–Crippen LogP) is 6.48. The maximum atomic E-state index is 12.0. The Hall–Kier alpha value is -6.39. The highest BCUT2D eigenvalue weighted by Gasteiger charge is 2.15. The smallest absolute Gasteiger partial charge is 0.410 e. The predicted molar refractivity (Wildman–Crippen MR) is 217 cm³/mol. The molecule has 2 heterocycles. The van der Waals surface area contributed by atoms with Gasteiger partial charge in [-0.3, -0.25) is 24.3 Å². The number of carbonyl (C=O) groups excluding carboxylic acids is 4. The lowest BCUT2D eigenvalue weighted by Crippen LogP contribution is -2.37. The monoisotopic (exact) mass is 791 g/mol. The number of benzene rings is 3. The van der Waals surface area contributed by atoms with Crippen molar-refractivity contribution in [1.29, 1.82) is 0 Å². The van der Waals surface area contributed by atoms with Gasteiger partial charge in [0, 0.05) is 49.1 Å². The summed E-state index contributed by atoms with van der Waals surface area (Å²) in [5.74, 6) is -0.549. The average molecular weight is 792 g/mol. The summed E-state index contributed by atoms with van der Waals surface area (Å²) in [5.41, 5.74) is 12.9. The number of amides is 3. The maximum absolute atomic E-state index is 12.0. The average Bonchev–Trinajstić information content (AvgIpc) is 3.89. The molecule has 0 spiro atoms. The van der Waals surface area contributed by atoms with E-state index in [1.807, 2.05) is 67.6 Å². The van der Waals surface area contributed by atoms with E-state index in [-0.39, 0.29) is 42.3 Å². The van der Waals surface area contributed by atoms with Crippen LogP contribution in [0.5, 0.6) is 5.75 Å². The molecule has 17 heteroatoms. The standard InChI is InChI=1S/C16H11N3O4.C13H14N4O2.C6H15N.C4H9NO.ClH/c20-16(23-14-8-6-13(7-9-14)19(21)22)18-10-15(17-11-18)12-4-2-1-3-5-12;1-16(8-12(14)18)13(19)17-7-11(15-9-17)10-5-3-2-4-6-10;1-4-7(5-2)6-3;1-2-3-4(5)6;/h1-11H;2-7,9H,8H2,1H3,(H2,14,18);4-6H2,1-3H3;2-3H2,1H3,(H2,5,6);1H. The van der Waals surface area contributed by atoms with Gasteiger partial charge in [0.25, 0.3) is 5.69 Å². The van der Waals surface area contributed by atoms with Crippen molar-refractivity contribution in [2.75, 3.05) is 33.2 Å². The lowest BCUT2D eigenvalue weighted by molar-refractivity contribution is -0.384. The van der Waals surface area contributed by atoms with Crippen LogP contribution in [0.25, 0.3) is 22.5 Å². The number of ether oxygens (including phenoxy) is 1. The second-order valence-corrected chi connectivity index (χ2v) is 11.6. The van der Waals surface area contributed by atoms with E-state index in [0.29, 0.717) is 17.8 Å². The van der Waals surface area contributed by atoms with Crippen molar-refractivity contribution in [3.05, 3.63) is 120 Å². The molecule has 0 fully saturated rings. The highest BCUT2D eigenvalue weighted by molar-refractivity contribution is 5.85. The van der Waals surface area contributed by atoms with Crippen LogP contribution in [0.1, 0.15) is 40.5 Å². The molecule has 0 aliphatic carbocycles. The minimum Gasteiger partial charge on any atom is -0.410 e. The Kier molecular flexibility index (Phi) is 21.8. The topological polar surface area (TPSA) is 215 Å². The number of hydrogen-bond donors (Lipinski definition) is 2. The molecule has 0 aliphatic heterocycles. The Balaban J connectivity index is 0.000000426. The van der Waals surface area contributed by atoms with Crippen molar-refractivity contribution in [1.82, 2.24) is 28.9 Å². The summed E-state index contributed by atoms with van der Waals surface area (Å²) < 4.78 is 7.68. The molecule has 0 radical (unpaired) electrons. The SMILES string of the molecule is CCCC(N)=O.CCN(CC)CC.CN(CC(N)=O)C(=O)n1cnc(-c2ccccc2)c1.Cl.O=C(Oc1ccc([N+](=O)[O-])cc1)n1cnc(-c2ccccc2)c1. The Labute approximate surface area is 332 Å². The molecular weight excluding hydrogens is 742 g/mol. The van der Waals surface area contributed by atoms with Crippen molar-refractivity contribution < 1.29 is 28.8 Å². The molecular formula is C39H50ClN9O7. The summed E-state index contributed by atoms with van der Waals surface area (Å²) in [6.45, 7) is 11.9. The number of likely N-dealkylation sites (N-methyl/N-ethyl adjacent to an activating group) is 1. The zero-order chi connectivity index (χ0) is 40.8. The van der Waals surface area contributed by atoms with E-state index in [4.69, 9.17) is 16.2 Å². The molecule has 3 aromatic carbocycles. The quantitative estimate of drug-likeness (QED) is 0.110. The van der Waals surface area contributed by atoms with Crippen molar-refractivity contribution in [2.45, 2.75) is 40.5 Å². The minimum atomic E-state index is -0.645. The van der Waals surface area contributed by atoms with Crippen LogP contribution in [-0.4, -0.2) is 91.0 Å². The number of carbonyl (C=O) groups is 4. The fourth-order valence-corrected chi connectivity index (χ4v) is 4.57. The van der Waals surface area contributed by atoms with Gasteiger partial charge >= 0.3 is 12.1 Å². The zero-order valence-electron chi connectivity index (χ0n) is 32.2. The van der Waals surface area contributed by atoms with Crippen LogP contribution < -0.4 is 16.2 Å². The Bertz CT molecular complexity index is 1930. The van der Waals surface area contributed by atoms with Gasteiger partial charge in [0.15, 0.2) is 0 Å². The first-order valence-corrected chi connectivity index (χ1v) is 17.5. The van der Waals surface area contributed by atoms with Gasteiger partial charge in [-0.25, -0.2) is 24.1 Å². The molecule has 3 amide bonds. The number of hydrogen-bond acceptors (Lipinski definition) is 10. The number of rotatable bonds is 11. The summed E-state index contributed by atoms with van der Waals surface area (Å²) in [6.07, 6.45) is 6.68. The van der Waals surface area contributed by atoms with E-state index in [2.05, 4.69) is 35.6 Å².